The second-order valence-electron chi connectivity index (χ2n) is 12.0. The van der Waals surface area contributed by atoms with Crippen LogP contribution in [0.25, 0.3) is 28.0 Å². The van der Waals surface area contributed by atoms with Gasteiger partial charge in [-0.25, -0.2) is 24.3 Å². The fourth-order valence-corrected chi connectivity index (χ4v) is 7.32. The monoisotopic (exact) mass is 606 g/mol. The number of aryl methyl sites for hydroxylation is 1. The fourth-order valence-electron chi connectivity index (χ4n) is 6.47. The Morgan fingerprint density at radius 1 is 0.955 bits per heavy atom. The summed E-state index contributed by atoms with van der Waals surface area (Å²) in [5.74, 6) is 3.19. The van der Waals surface area contributed by atoms with Crippen molar-refractivity contribution in [3.8, 4) is 28.5 Å². The van der Waals surface area contributed by atoms with Crippen molar-refractivity contribution in [1.29, 1.82) is 5.26 Å². The van der Waals surface area contributed by atoms with Gasteiger partial charge in [-0.3, -0.25) is 4.40 Å². The molecule has 2 aliphatic rings. The second kappa shape index (κ2) is 12.0. The Morgan fingerprint density at radius 3 is 2.32 bits per heavy atom. The Kier molecular flexibility index (Phi) is 7.73. The van der Waals surface area contributed by atoms with Gasteiger partial charge in [-0.05, 0) is 73.9 Å². The lowest BCUT2D eigenvalue weighted by molar-refractivity contribution is 0.227. The Hall–Kier alpha value is -4.36. The number of aromatic nitrogens is 5. The zero-order valence-electron chi connectivity index (χ0n) is 25.1. The fraction of sp³-hybridized carbons (Fsp3) is 0.382. The molecule has 7 rings (SSSR count). The van der Waals surface area contributed by atoms with E-state index in [0.717, 1.165) is 65.6 Å². The molecular formula is C34H35FN8S. The Balaban J connectivity index is 1.14. The summed E-state index contributed by atoms with van der Waals surface area (Å²) in [4.78, 5) is 24.0. The molecule has 44 heavy (non-hydrogen) atoms. The quantitative estimate of drug-likeness (QED) is 0.179. The summed E-state index contributed by atoms with van der Waals surface area (Å²) in [6.07, 6.45) is 14.8. The van der Waals surface area contributed by atoms with Crippen molar-refractivity contribution in [2.24, 2.45) is 11.8 Å². The molecule has 0 unspecified atom stereocenters. The van der Waals surface area contributed by atoms with Crippen molar-refractivity contribution in [1.82, 2.24) is 24.3 Å². The highest BCUT2D eigenvalue weighted by atomic mass is 32.1. The maximum Gasteiger partial charge on any atom is 0.225 e. The molecule has 2 fully saturated rings. The van der Waals surface area contributed by atoms with Gasteiger partial charge >= 0.3 is 0 Å². The van der Waals surface area contributed by atoms with Crippen LogP contribution in [0, 0.1) is 29.0 Å². The number of nitriles is 1. The van der Waals surface area contributed by atoms with Gasteiger partial charge in [0, 0.05) is 55.4 Å². The molecule has 0 spiro atoms. The minimum Gasteiger partial charge on any atom is -0.341 e. The molecule has 4 aromatic heterocycles. The first-order chi connectivity index (χ1) is 21.5. The molecule has 1 saturated heterocycles. The van der Waals surface area contributed by atoms with Crippen molar-refractivity contribution in [3.63, 3.8) is 0 Å². The molecule has 0 N–H and O–H groups in total. The molecular weight excluding hydrogens is 571 g/mol. The van der Waals surface area contributed by atoms with Gasteiger partial charge in [0.15, 0.2) is 5.13 Å². The number of hydrogen-bond acceptors (Lipinski definition) is 8. The molecule has 0 radical (unpaired) electrons. The average molecular weight is 607 g/mol. The van der Waals surface area contributed by atoms with Crippen LogP contribution in [0.2, 0.25) is 0 Å². The van der Waals surface area contributed by atoms with Gasteiger partial charge in [0.1, 0.15) is 33.9 Å². The van der Waals surface area contributed by atoms with Gasteiger partial charge < -0.3 is 9.80 Å². The first kappa shape index (κ1) is 28.4. The van der Waals surface area contributed by atoms with E-state index in [1.807, 2.05) is 30.4 Å². The van der Waals surface area contributed by atoms with E-state index < -0.39 is 0 Å². The van der Waals surface area contributed by atoms with Crippen molar-refractivity contribution < 1.29 is 4.39 Å². The predicted octanol–water partition coefficient (Wildman–Crippen LogP) is 7.66. The topological polar surface area (TPSA) is 86.2 Å². The second-order valence-corrected chi connectivity index (χ2v) is 12.9. The molecule has 1 aliphatic heterocycles. The van der Waals surface area contributed by atoms with E-state index in [2.05, 4.69) is 34.6 Å². The third-order valence-electron chi connectivity index (χ3n) is 9.20. The molecule has 0 bridgehead atoms. The third-order valence-corrected chi connectivity index (χ3v) is 10.2. The highest BCUT2D eigenvalue weighted by molar-refractivity contribution is 7.16. The molecule has 5 aromatic rings. The van der Waals surface area contributed by atoms with Crippen LogP contribution in [0.4, 0.5) is 21.3 Å². The normalized spacial score (nSPS) is 15.8. The Bertz CT molecular complexity index is 1810. The summed E-state index contributed by atoms with van der Waals surface area (Å²) in [5, 5.41) is 10.5. The van der Waals surface area contributed by atoms with Crippen LogP contribution in [-0.2, 0) is 6.42 Å². The summed E-state index contributed by atoms with van der Waals surface area (Å²) in [6.45, 7) is 4.13. The maximum atomic E-state index is 13.5. The number of halogens is 1. The molecule has 1 aromatic carbocycles. The highest BCUT2D eigenvalue weighted by Crippen LogP contribution is 2.38. The SMILES string of the molecule is CCc1nc2ccc(-c3cnc(N4CCC(CC5CCC5)CC4)nc3)cn2c1N(C)c1nc(-c2ccc(F)cc2)c(C#N)s1. The molecule has 5 heterocycles. The van der Waals surface area contributed by atoms with Gasteiger partial charge in [-0.15, -0.1) is 0 Å². The summed E-state index contributed by atoms with van der Waals surface area (Å²) in [6, 6.07) is 12.4. The minimum absolute atomic E-state index is 0.326. The number of benzene rings is 1. The maximum absolute atomic E-state index is 13.5. The number of anilines is 3. The van der Waals surface area contributed by atoms with E-state index in [-0.39, 0.29) is 5.82 Å². The van der Waals surface area contributed by atoms with Crippen molar-refractivity contribution in [2.75, 3.05) is 29.9 Å². The Morgan fingerprint density at radius 2 is 1.66 bits per heavy atom. The zero-order valence-corrected chi connectivity index (χ0v) is 25.9. The summed E-state index contributed by atoms with van der Waals surface area (Å²) < 4.78 is 15.6. The standard InChI is InChI=1S/C34H35FN8S/c1-3-28-32(41(2)34-40-31(29(18-36)44-34)24-7-10-27(35)11-8-24)43-21-25(9-12-30(43)39-28)26-19-37-33(38-20-26)42-15-13-23(14-16-42)17-22-5-4-6-22/h7-12,19-23H,3-6,13-17H2,1-2H3. The van der Waals surface area contributed by atoms with Crippen LogP contribution in [-0.4, -0.2) is 44.5 Å². The number of fused-ring (bicyclic) bond motifs is 1. The molecule has 224 valence electrons. The number of nitrogens with zero attached hydrogens (tertiary/aromatic N) is 8. The van der Waals surface area contributed by atoms with Gasteiger partial charge in [0.2, 0.25) is 5.95 Å². The van der Waals surface area contributed by atoms with E-state index in [1.165, 1.54) is 62.0 Å². The molecule has 1 saturated carbocycles. The number of hydrogen-bond donors (Lipinski definition) is 0. The lowest BCUT2D eigenvalue weighted by Gasteiger charge is -2.35. The van der Waals surface area contributed by atoms with Gasteiger partial charge in [0.25, 0.3) is 0 Å². The lowest BCUT2D eigenvalue weighted by Crippen LogP contribution is -2.35. The van der Waals surface area contributed by atoms with E-state index >= 15 is 0 Å². The molecule has 8 nitrogen and oxygen atoms in total. The largest absolute Gasteiger partial charge is 0.341 e. The third kappa shape index (κ3) is 5.41. The van der Waals surface area contributed by atoms with Crippen molar-refractivity contribution in [3.05, 3.63) is 71.4 Å². The van der Waals surface area contributed by atoms with E-state index in [0.29, 0.717) is 21.3 Å². The van der Waals surface area contributed by atoms with Crippen LogP contribution >= 0.6 is 11.3 Å². The van der Waals surface area contributed by atoms with Crippen LogP contribution in [0.1, 0.15) is 56.0 Å². The van der Waals surface area contributed by atoms with Crippen LogP contribution in [0.3, 0.4) is 0 Å². The van der Waals surface area contributed by atoms with Crippen molar-refractivity contribution in [2.45, 2.75) is 51.9 Å². The summed E-state index contributed by atoms with van der Waals surface area (Å²) in [7, 11) is 1.94. The Labute approximate surface area is 260 Å². The number of rotatable bonds is 8. The average Bonchev–Trinajstić information content (AvgIpc) is 3.65. The number of pyridine rings is 1. The summed E-state index contributed by atoms with van der Waals surface area (Å²) >= 11 is 1.31. The number of thiazole rings is 1. The predicted molar refractivity (Wildman–Crippen MR) is 173 cm³/mol. The number of piperidine rings is 1. The molecule has 10 heteroatoms. The molecule has 0 atom stereocenters. The highest BCUT2D eigenvalue weighted by Gasteiger charge is 2.27. The number of imidazole rings is 1. The van der Waals surface area contributed by atoms with Gasteiger partial charge in [0.05, 0.1) is 5.69 Å². The smallest absolute Gasteiger partial charge is 0.225 e. The first-order valence-electron chi connectivity index (χ1n) is 15.5. The lowest BCUT2D eigenvalue weighted by atomic mass is 9.76. The van der Waals surface area contributed by atoms with E-state index in [4.69, 9.17) is 19.9 Å². The van der Waals surface area contributed by atoms with Crippen LogP contribution in [0.15, 0.2) is 55.0 Å². The van der Waals surface area contributed by atoms with Crippen LogP contribution < -0.4 is 9.80 Å². The van der Waals surface area contributed by atoms with Gasteiger partial charge in [-0.1, -0.05) is 37.5 Å². The minimum atomic E-state index is -0.326. The van der Waals surface area contributed by atoms with E-state index in [1.54, 1.807) is 12.1 Å². The first-order valence-corrected chi connectivity index (χ1v) is 16.3. The molecule has 0 amide bonds. The van der Waals surface area contributed by atoms with Crippen molar-refractivity contribution >= 4 is 33.9 Å². The van der Waals surface area contributed by atoms with E-state index in [9.17, 15) is 9.65 Å². The molecule has 1 aliphatic carbocycles. The summed E-state index contributed by atoms with van der Waals surface area (Å²) in [5.41, 5.74) is 4.93. The zero-order chi connectivity index (χ0) is 30.2. The van der Waals surface area contributed by atoms with Crippen LogP contribution in [0.5, 0.6) is 0 Å². The van der Waals surface area contributed by atoms with Gasteiger partial charge in [-0.2, -0.15) is 5.26 Å².